The summed E-state index contributed by atoms with van der Waals surface area (Å²) in [6.45, 7) is 4.26. The highest BCUT2D eigenvalue weighted by Gasteiger charge is 2.28. The summed E-state index contributed by atoms with van der Waals surface area (Å²) in [6.07, 6.45) is 1.15. The van der Waals surface area contributed by atoms with Gasteiger partial charge < -0.3 is 15.2 Å². The Morgan fingerprint density at radius 2 is 1.85 bits per heavy atom. The first-order valence-electron chi connectivity index (χ1n) is 8.56. The molecule has 5 heteroatoms. The number of rotatable bonds is 8. The van der Waals surface area contributed by atoms with Crippen LogP contribution in [-0.2, 0) is 17.6 Å². The number of para-hydroxylation sites is 1. The molecule has 5 nitrogen and oxygen atoms in total. The maximum absolute atomic E-state index is 12.6. The van der Waals surface area contributed by atoms with E-state index in [1.807, 2.05) is 44.2 Å². The summed E-state index contributed by atoms with van der Waals surface area (Å²) in [5, 5.41) is 12.0. The molecule has 1 amide bonds. The molecule has 26 heavy (non-hydrogen) atoms. The number of carboxylic acid groups (broad SMARTS) is 1. The van der Waals surface area contributed by atoms with Gasteiger partial charge in [-0.15, -0.1) is 0 Å². The van der Waals surface area contributed by atoms with E-state index >= 15 is 0 Å². The van der Waals surface area contributed by atoms with Crippen molar-refractivity contribution >= 4 is 11.9 Å². The minimum absolute atomic E-state index is 0.0437. The molecule has 0 aliphatic heterocycles. The minimum Gasteiger partial charge on any atom is -0.496 e. The van der Waals surface area contributed by atoms with Crippen molar-refractivity contribution in [1.82, 2.24) is 5.32 Å². The van der Waals surface area contributed by atoms with Gasteiger partial charge in [-0.2, -0.15) is 0 Å². The first-order chi connectivity index (χ1) is 12.3. The van der Waals surface area contributed by atoms with Crippen LogP contribution in [0.15, 0.2) is 48.5 Å². The molecule has 0 aromatic heterocycles. The van der Waals surface area contributed by atoms with Crippen molar-refractivity contribution in [3.05, 3.63) is 65.2 Å². The van der Waals surface area contributed by atoms with E-state index in [0.717, 1.165) is 16.9 Å². The highest BCUT2D eigenvalue weighted by atomic mass is 16.5. The molecule has 0 aliphatic carbocycles. The van der Waals surface area contributed by atoms with Gasteiger partial charge >= 0.3 is 5.97 Å². The number of methoxy groups -OCH3 is 1. The van der Waals surface area contributed by atoms with Crippen molar-refractivity contribution in [2.24, 2.45) is 5.41 Å². The number of hydrogen-bond donors (Lipinski definition) is 2. The molecule has 138 valence electrons. The lowest BCUT2D eigenvalue weighted by molar-refractivity contribution is -0.129. The summed E-state index contributed by atoms with van der Waals surface area (Å²) in [5.41, 5.74) is 1.54. The number of carbonyl (C=O) groups is 2. The second-order valence-electron chi connectivity index (χ2n) is 6.88. The van der Waals surface area contributed by atoms with Gasteiger partial charge in [0, 0.05) is 12.0 Å². The normalized spacial score (nSPS) is 11.0. The van der Waals surface area contributed by atoms with Gasteiger partial charge in [-0.05, 0) is 42.2 Å². The molecule has 0 fully saturated rings. The van der Waals surface area contributed by atoms with E-state index in [9.17, 15) is 9.59 Å². The van der Waals surface area contributed by atoms with Crippen LogP contribution in [0.1, 0.15) is 35.3 Å². The van der Waals surface area contributed by atoms with E-state index in [1.54, 1.807) is 25.3 Å². The SMILES string of the molecule is COc1ccccc1CC(C)(C)C(=O)NCCc1cccc(C(=O)O)c1. The third-order valence-electron chi connectivity index (χ3n) is 4.31. The molecule has 0 atom stereocenters. The molecule has 0 unspecified atom stereocenters. The maximum Gasteiger partial charge on any atom is 0.335 e. The van der Waals surface area contributed by atoms with Crippen LogP contribution in [0.3, 0.4) is 0 Å². The fourth-order valence-electron chi connectivity index (χ4n) is 2.82. The van der Waals surface area contributed by atoms with Crippen molar-refractivity contribution in [1.29, 1.82) is 0 Å². The molecule has 2 N–H and O–H groups in total. The van der Waals surface area contributed by atoms with E-state index < -0.39 is 11.4 Å². The zero-order valence-electron chi connectivity index (χ0n) is 15.4. The van der Waals surface area contributed by atoms with E-state index in [-0.39, 0.29) is 11.5 Å². The van der Waals surface area contributed by atoms with Crippen molar-refractivity contribution < 1.29 is 19.4 Å². The van der Waals surface area contributed by atoms with Crippen molar-refractivity contribution in [2.75, 3.05) is 13.7 Å². The van der Waals surface area contributed by atoms with Crippen LogP contribution in [0, 0.1) is 5.41 Å². The van der Waals surface area contributed by atoms with Gasteiger partial charge in [0.15, 0.2) is 0 Å². The molecule has 0 radical (unpaired) electrons. The molecule has 0 bridgehead atoms. The molecule has 2 aromatic carbocycles. The van der Waals surface area contributed by atoms with Crippen molar-refractivity contribution in [2.45, 2.75) is 26.7 Å². The quantitative estimate of drug-likeness (QED) is 0.762. The third kappa shape index (κ3) is 5.09. The molecule has 2 rings (SSSR count). The number of aromatic carboxylic acids is 1. The van der Waals surface area contributed by atoms with Crippen molar-refractivity contribution in [3.63, 3.8) is 0 Å². The van der Waals surface area contributed by atoms with Gasteiger partial charge in [-0.1, -0.05) is 44.2 Å². The monoisotopic (exact) mass is 355 g/mol. The predicted octanol–water partition coefficient (Wildman–Crippen LogP) is 3.32. The third-order valence-corrected chi connectivity index (χ3v) is 4.31. The lowest BCUT2D eigenvalue weighted by atomic mass is 9.84. The van der Waals surface area contributed by atoms with E-state index in [2.05, 4.69) is 5.32 Å². The van der Waals surface area contributed by atoms with Gasteiger partial charge in [0.1, 0.15) is 5.75 Å². The number of amides is 1. The standard InChI is InChI=1S/C21H25NO4/c1-21(2,14-17-8-4-5-10-18(17)26-3)20(25)22-12-11-15-7-6-9-16(13-15)19(23)24/h4-10,13H,11-12,14H2,1-3H3,(H,22,25)(H,23,24). The molecular weight excluding hydrogens is 330 g/mol. The Kier molecular flexibility index (Phi) is 6.39. The number of nitrogens with one attached hydrogen (secondary N) is 1. The smallest absolute Gasteiger partial charge is 0.335 e. The predicted molar refractivity (Wildman–Crippen MR) is 101 cm³/mol. The highest BCUT2D eigenvalue weighted by molar-refractivity contribution is 5.87. The molecule has 0 heterocycles. The Morgan fingerprint density at radius 1 is 1.12 bits per heavy atom. The van der Waals surface area contributed by atoms with Crippen LogP contribution in [0.2, 0.25) is 0 Å². The van der Waals surface area contributed by atoms with Crippen LogP contribution in [0.5, 0.6) is 5.75 Å². The topological polar surface area (TPSA) is 75.6 Å². The minimum atomic E-state index is -0.950. The van der Waals surface area contributed by atoms with Gasteiger partial charge in [0.25, 0.3) is 0 Å². The first-order valence-corrected chi connectivity index (χ1v) is 8.56. The number of hydrogen-bond acceptors (Lipinski definition) is 3. The molecule has 0 saturated carbocycles. The fourth-order valence-corrected chi connectivity index (χ4v) is 2.82. The lowest BCUT2D eigenvalue weighted by Crippen LogP contribution is -2.39. The van der Waals surface area contributed by atoms with Gasteiger partial charge in [0.05, 0.1) is 12.7 Å². The Labute approximate surface area is 154 Å². The number of carbonyl (C=O) groups excluding carboxylic acids is 1. The molecule has 2 aromatic rings. The highest BCUT2D eigenvalue weighted by Crippen LogP contribution is 2.27. The average molecular weight is 355 g/mol. The fraction of sp³-hybridized carbons (Fsp3) is 0.333. The molecular formula is C21H25NO4. The Balaban J connectivity index is 1.94. The van der Waals surface area contributed by atoms with E-state index in [4.69, 9.17) is 9.84 Å². The van der Waals surface area contributed by atoms with Crippen LogP contribution >= 0.6 is 0 Å². The second-order valence-corrected chi connectivity index (χ2v) is 6.88. The van der Waals surface area contributed by atoms with E-state index in [0.29, 0.717) is 19.4 Å². The molecule has 0 aliphatic rings. The maximum atomic E-state index is 12.6. The molecule has 0 saturated heterocycles. The summed E-state index contributed by atoms with van der Waals surface area (Å²) in [6, 6.07) is 14.5. The largest absolute Gasteiger partial charge is 0.496 e. The average Bonchev–Trinajstić information content (AvgIpc) is 2.62. The first kappa shape index (κ1) is 19.5. The Morgan fingerprint density at radius 3 is 2.54 bits per heavy atom. The zero-order chi connectivity index (χ0) is 19.2. The Hall–Kier alpha value is -2.82. The molecule has 0 spiro atoms. The van der Waals surface area contributed by atoms with Crippen LogP contribution in [0.25, 0.3) is 0 Å². The number of benzene rings is 2. The number of ether oxygens (including phenoxy) is 1. The Bertz CT molecular complexity index is 783. The summed E-state index contributed by atoms with van der Waals surface area (Å²) in [4.78, 5) is 23.6. The summed E-state index contributed by atoms with van der Waals surface area (Å²) >= 11 is 0. The lowest BCUT2D eigenvalue weighted by Gasteiger charge is -2.24. The van der Waals surface area contributed by atoms with Crippen LogP contribution in [-0.4, -0.2) is 30.6 Å². The van der Waals surface area contributed by atoms with Crippen LogP contribution < -0.4 is 10.1 Å². The van der Waals surface area contributed by atoms with Gasteiger partial charge in [-0.25, -0.2) is 4.79 Å². The summed E-state index contributed by atoms with van der Waals surface area (Å²) in [7, 11) is 1.62. The van der Waals surface area contributed by atoms with Crippen LogP contribution in [0.4, 0.5) is 0 Å². The summed E-state index contributed by atoms with van der Waals surface area (Å²) < 4.78 is 5.36. The number of carboxylic acids is 1. The van der Waals surface area contributed by atoms with E-state index in [1.165, 1.54) is 0 Å². The summed E-state index contributed by atoms with van der Waals surface area (Å²) in [5.74, 6) is -0.217. The van der Waals surface area contributed by atoms with Gasteiger partial charge in [0.2, 0.25) is 5.91 Å². The van der Waals surface area contributed by atoms with Gasteiger partial charge in [-0.3, -0.25) is 4.79 Å². The van der Waals surface area contributed by atoms with Crippen molar-refractivity contribution in [3.8, 4) is 5.75 Å². The zero-order valence-corrected chi connectivity index (χ0v) is 15.4. The second kappa shape index (κ2) is 8.52.